The van der Waals surface area contributed by atoms with E-state index in [0.717, 1.165) is 62.1 Å². The SMILES string of the molecule is Cn1c(CN2CCC(CC(=O)N3CCCC3)CC2)cc(=O)n(C)c1=O. The minimum absolute atomic E-state index is 0.260. The topological polar surface area (TPSA) is 67.6 Å². The van der Waals surface area contributed by atoms with Gasteiger partial charge in [0.25, 0.3) is 5.56 Å². The molecule has 0 N–H and O–H groups in total. The van der Waals surface area contributed by atoms with Crippen LogP contribution in [-0.4, -0.2) is 51.0 Å². The number of hydrogen-bond acceptors (Lipinski definition) is 4. The standard InChI is InChI=1S/C18H28N4O3/c1-19-15(12-16(23)20(2)18(19)25)13-21-9-5-14(6-10-21)11-17(24)22-7-3-4-8-22/h12,14H,3-11,13H2,1-2H3. The lowest BCUT2D eigenvalue weighted by Gasteiger charge is -2.32. The van der Waals surface area contributed by atoms with Crippen LogP contribution in [0.2, 0.25) is 0 Å². The molecule has 2 fully saturated rings. The average Bonchev–Trinajstić information content (AvgIpc) is 3.14. The fourth-order valence-electron chi connectivity index (χ4n) is 3.85. The van der Waals surface area contributed by atoms with Crippen LogP contribution in [-0.2, 0) is 25.4 Å². The zero-order valence-electron chi connectivity index (χ0n) is 15.2. The number of hydrogen-bond donors (Lipinski definition) is 0. The highest BCUT2D eigenvalue weighted by Gasteiger charge is 2.25. The van der Waals surface area contributed by atoms with Crippen molar-refractivity contribution in [2.45, 2.75) is 38.6 Å². The van der Waals surface area contributed by atoms with Gasteiger partial charge in [-0.3, -0.25) is 23.6 Å². The Bertz CT molecular complexity index is 738. The van der Waals surface area contributed by atoms with Gasteiger partial charge < -0.3 is 4.90 Å². The zero-order chi connectivity index (χ0) is 18.0. The van der Waals surface area contributed by atoms with E-state index in [1.807, 2.05) is 4.90 Å². The second-order valence-electron chi connectivity index (χ2n) is 7.39. The van der Waals surface area contributed by atoms with Crippen molar-refractivity contribution >= 4 is 5.91 Å². The number of carbonyl (C=O) groups excluding carboxylic acids is 1. The molecule has 0 atom stereocenters. The van der Waals surface area contributed by atoms with E-state index in [4.69, 9.17) is 0 Å². The summed E-state index contributed by atoms with van der Waals surface area (Å²) in [5.41, 5.74) is 0.206. The molecule has 0 unspecified atom stereocenters. The van der Waals surface area contributed by atoms with Crippen molar-refractivity contribution in [1.29, 1.82) is 0 Å². The first-order chi connectivity index (χ1) is 12.0. The van der Waals surface area contributed by atoms with E-state index in [-0.39, 0.29) is 11.2 Å². The summed E-state index contributed by atoms with van der Waals surface area (Å²) in [6.07, 6.45) is 4.94. The molecule has 1 aromatic rings. The smallest absolute Gasteiger partial charge is 0.330 e. The first-order valence-corrected chi connectivity index (χ1v) is 9.22. The summed E-state index contributed by atoms with van der Waals surface area (Å²) >= 11 is 0. The lowest BCUT2D eigenvalue weighted by Crippen LogP contribution is -2.41. The predicted molar refractivity (Wildman–Crippen MR) is 95.4 cm³/mol. The lowest BCUT2D eigenvalue weighted by molar-refractivity contribution is -0.131. The van der Waals surface area contributed by atoms with Crippen LogP contribution in [0, 0.1) is 5.92 Å². The van der Waals surface area contributed by atoms with Crippen molar-refractivity contribution in [3.05, 3.63) is 32.6 Å². The molecule has 0 saturated carbocycles. The highest BCUT2D eigenvalue weighted by Crippen LogP contribution is 2.23. The Hall–Kier alpha value is -1.89. The molecule has 2 saturated heterocycles. The fourth-order valence-corrected chi connectivity index (χ4v) is 3.85. The van der Waals surface area contributed by atoms with Crippen LogP contribution in [0.25, 0.3) is 0 Å². The largest absolute Gasteiger partial charge is 0.343 e. The summed E-state index contributed by atoms with van der Waals surface area (Å²) in [5, 5.41) is 0. The Kier molecular flexibility index (Phi) is 5.42. The molecule has 0 aromatic carbocycles. The maximum absolute atomic E-state index is 12.3. The molecule has 1 amide bonds. The third kappa shape index (κ3) is 4.03. The molecule has 3 heterocycles. The molecule has 0 radical (unpaired) electrons. The van der Waals surface area contributed by atoms with Gasteiger partial charge in [0.1, 0.15) is 0 Å². The Morgan fingerprint density at radius 2 is 1.68 bits per heavy atom. The number of piperidine rings is 1. The molecule has 1 aromatic heterocycles. The van der Waals surface area contributed by atoms with Crippen molar-refractivity contribution in [3.8, 4) is 0 Å². The van der Waals surface area contributed by atoms with Gasteiger partial charge in [-0.05, 0) is 44.7 Å². The normalized spacial score (nSPS) is 19.5. The van der Waals surface area contributed by atoms with Gasteiger partial charge in [0.2, 0.25) is 5.91 Å². The number of likely N-dealkylation sites (tertiary alicyclic amines) is 2. The fraction of sp³-hybridized carbons (Fsp3) is 0.722. The van der Waals surface area contributed by atoms with Crippen molar-refractivity contribution in [1.82, 2.24) is 18.9 Å². The second-order valence-corrected chi connectivity index (χ2v) is 7.39. The minimum atomic E-state index is -0.284. The number of nitrogens with zero attached hydrogens (tertiary/aromatic N) is 4. The van der Waals surface area contributed by atoms with Crippen LogP contribution < -0.4 is 11.2 Å². The molecule has 2 aliphatic heterocycles. The molecule has 7 heteroatoms. The Labute approximate surface area is 147 Å². The summed E-state index contributed by atoms with van der Waals surface area (Å²) in [5.74, 6) is 0.765. The van der Waals surface area contributed by atoms with Crippen molar-refractivity contribution in [2.75, 3.05) is 26.2 Å². The molecule has 7 nitrogen and oxygen atoms in total. The van der Waals surface area contributed by atoms with Gasteiger partial charge in [-0.1, -0.05) is 0 Å². The van der Waals surface area contributed by atoms with Crippen LogP contribution >= 0.6 is 0 Å². The van der Waals surface area contributed by atoms with Crippen LogP contribution in [0.5, 0.6) is 0 Å². The zero-order valence-corrected chi connectivity index (χ0v) is 15.2. The quantitative estimate of drug-likeness (QED) is 0.785. The van der Waals surface area contributed by atoms with E-state index in [0.29, 0.717) is 24.8 Å². The van der Waals surface area contributed by atoms with Crippen molar-refractivity contribution < 1.29 is 4.79 Å². The Morgan fingerprint density at radius 3 is 2.32 bits per heavy atom. The van der Waals surface area contributed by atoms with Crippen LogP contribution in [0.4, 0.5) is 0 Å². The molecular weight excluding hydrogens is 320 g/mol. The van der Waals surface area contributed by atoms with Crippen molar-refractivity contribution in [2.24, 2.45) is 20.0 Å². The van der Waals surface area contributed by atoms with E-state index in [1.165, 1.54) is 7.05 Å². The van der Waals surface area contributed by atoms with Gasteiger partial charge in [0.15, 0.2) is 0 Å². The van der Waals surface area contributed by atoms with E-state index >= 15 is 0 Å². The number of aromatic nitrogens is 2. The van der Waals surface area contributed by atoms with E-state index in [9.17, 15) is 14.4 Å². The van der Waals surface area contributed by atoms with Crippen LogP contribution in [0.15, 0.2) is 15.7 Å². The first kappa shape index (κ1) is 17.9. The van der Waals surface area contributed by atoms with E-state index in [1.54, 1.807) is 17.7 Å². The van der Waals surface area contributed by atoms with E-state index in [2.05, 4.69) is 4.90 Å². The molecule has 138 valence electrons. The van der Waals surface area contributed by atoms with E-state index < -0.39 is 0 Å². The molecule has 3 rings (SSSR count). The maximum atomic E-state index is 12.3. The highest BCUT2D eigenvalue weighted by molar-refractivity contribution is 5.76. The molecular formula is C18H28N4O3. The first-order valence-electron chi connectivity index (χ1n) is 9.22. The monoisotopic (exact) mass is 348 g/mol. The minimum Gasteiger partial charge on any atom is -0.343 e. The average molecular weight is 348 g/mol. The maximum Gasteiger partial charge on any atom is 0.330 e. The predicted octanol–water partition coefficient (Wildman–Crippen LogP) is 0.309. The summed E-state index contributed by atoms with van der Waals surface area (Å²) in [4.78, 5) is 40.4. The number of carbonyl (C=O) groups is 1. The molecule has 0 spiro atoms. The van der Waals surface area contributed by atoms with Gasteiger partial charge in [0.05, 0.1) is 0 Å². The summed E-state index contributed by atoms with van der Waals surface area (Å²) in [6.45, 7) is 4.26. The lowest BCUT2D eigenvalue weighted by atomic mass is 9.93. The number of rotatable bonds is 4. The van der Waals surface area contributed by atoms with Gasteiger partial charge in [-0.2, -0.15) is 0 Å². The number of amides is 1. The molecule has 0 aliphatic carbocycles. The van der Waals surface area contributed by atoms with Crippen LogP contribution in [0.1, 0.15) is 37.8 Å². The van der Waals surface area contributed by atoms with Gasteiger partial charge in [-0.15, -0.1) is 0 Å². The summed E-state index contributed by atoms with van der Waals surface area (Å²) < 4.78 is 2.67. The summed E-state index contributed by atoms with van der Waals surface area (Å²) in [6, 6.07) is 1.55. The van der Waals surface area contributed by atoms with Crippen LogP contribution in [0.3, 0.4) is 0 Å². The summed E-state index contributed by atoms with van der Waals surface area (Å²) in [7, 11) is 3.20. The molecule has 25 heavy (non-hydrogen) atoms. The van der Waals surface area contributed by atoms with Gasteiger partial charge >= 0.3 is 5.69 Å². The Balaban J connectivity index is 1.54. The highest BCUT2D eigenvalue weighted by atomic mass is 16.2. The van der Waals surface area contributed by atoms with Gasteiger partial charge in [-0.25, -0.2) is 4.79 Å². The van der Waals surface area contributed by atoms with Crippen molar-refractivity contribution in [3.63, 3.8) is 0 Å². The Morgan fingerprint density at radius 1 is 1.04 bits per heavy atom. The second kappa shape index (κ2) is 7.56. The third-order valence-corrected chi connectivity index (χ3v) is 5.64. The van der Waals surface area contributed by atoms with Gasteiger partial charge in [0, 0.05) is 51.9 Å². The molecule has 2 aliphatic rings. The molecule has 0 bridgehead atoms. The third-order valence-electron chi connectivity index (χ3n) is 5.64.